The Morgan fingerprint density at radius 3 is 1.77 bits per heavy atom. The number of nitrogens with one attached hydrogen (secondary N) is 1. The van der Waals surface area contributed by atoms with Crippen LogP contribution in [0.4, 0.5) is 0 Å². The van der Waals surface area contributed by atoms with Gasteiger partial charge in [-0.3, -0.25) is 14.4 Å². The molecule has 2 heterocycles. The topological polar surface area (TPSA) is 170 Å². The van der Waals surface area contributed by atoms with Crippen molar-refractivity contribution >= 4 is 23.8 Å². The number of carbonyl (C=O) groups is 4. The van der Waals surface area contributed by atoms with E-state index < -0.39 is 23.9 Å². The van der Waals surface area contributed by atoms with Crippen LogP contribution in [0.25, 0.3) is 0 Å². The van der Waals surface area contributed by atoms with E-state index in [0.717, 1.165) is 59.5 Å². The van der Waals surface area contributed by atoms with Crippen LogP contribution in [0, 0.1) is 38.5 Å². The second kappa shape index (κ2) is 20.9. The van der Waals surface area contributed by atoms with E-state index in [1.165, 1.54) is 56.9 Å². The molecule has 1 fully saturated rings. The van der Waals surface area contributed by atoms with Gasteiger partial charge in [-0.25, -0.2) is 4.79 Å². The van der Waals surface area contributed by atoms with Crippen molar-refractivity contribution in [3.8, 4) is 11.5 Å². The number of aliphatic carboxylic acids is 3. The number of rotatable bonds is 16. The molecule has 1 aromatic carbocycles. The number of carbonyl (C=O) groups excluding carboxylic acids is 1. The van der Waals surface area contributed by atoms with Gasteiger partial charge in [0.1, 0.15) is 23.1 Å². The number of carboxylic acids is 3. The second-order valence-electron chi connectivity index (χ2n) is 14.7. The lowest BCUT2D eigenvalue weighted by Crippen LogP contribution is -2.37. The van der Waals surface area contributed by atoms with Crippen LogP contribution in [0.15, 0.2) is 0 Å². The molecule has 274 valence electrons. The first-order valence-electron chi connectivity index (χ1n) is 17.8. The molecule has 10 heteroatoms. The highest BCUT2D eigenvalue weighted by molar-refractivity contribution is 5.87. The van der Waals surface area contributed by atoms with E-state index >= 15 is 0 Å². The molecule has 1 unspecified atom stereocenters. The van der Waals surface area contributed by atoms with Crippen molar-refractivity contribution in [2.75, 3.05) is 0 Å². The highest BCUT2D eigenvalue weighted by Crippen LogP contribution is 2.44. The van der Waals surface area contributed by atoms with E-state index in [-0.39, 0.29) is 24.3 Å². The van der Waals surface area contributed by atoms with E-state index in [1.807, 2.05) is 13.8 Å². The third-order valence-electron chi connectivity index (χ3n) is 9.71. The summed E-state index contributed by atoms with van der Waals surface area (Å²) in [6.07, 6.45) is 14.2. The van der Waals surface area contributed by atoms with Crippen LogP contribution in [0.3, 0.4) is 0 Å². The Balaban J connectivity index is 0.000000549. The molecule has 10 nitrogen and oxygen atoms in total. The van der Waals surface area contributed by atoms with Crippen molar-refractivity contribution in [3.05, 3.63) is 22.3 Å². The van der Waals surface area contributed by atoms with E-state index in [4.69, 9.17) is 20.1 Å². The van der Waals surface area contributed by atoms with E-state index in [1.54, 1.807) is 0 Å². The number of amides is 1. The summed E-state index contributed by atoms with van der Waals surface area (Å²) >= 11 is 0. The fraction of sp³-hybridized carbons (Fsp3) is 0.737. The molecule has 0 aromatic heterocycles. The van der Waals surface area contributed by atoms with Crippen LogP contribution < -0.4 is 10.1 Å². The van der Waals surface area contributed by atoms with E-state index in [0.29, 0.717) is 18.6 Å². The van der Waals surface area contributed by atoms with Gasteiger partial charge >= 0.3 is 17.9 Å². The van der Waals surface area contributed by atoms with E-state index in [2.05, 4.69) is 46.9 Å². The summed E-state index contributed by atoms with van der Waals surface area (Å²) in [5.74, 6) is 0.774. The molecular formula is C38H63NO9. The number of aromatic hydroxyl groups is 1. The van der Waals surface area contributed by atoms with Gasteiger partial charge in [-0.05, 0) is 94.2 Å². The largest absolute Gasteiger partial charge is 0.507 e. The summed E-state index contributed by atoms with van der Waals surface area (Å²) in [6.45, 7) is 17.9. The molecule has 0 bridgehead atoms. The van der Waals surface area contributed by atoms with Gasteiger partial charge in [-0.2, -0.15) is 0 Å². The summed E-state index contributed by atoms with van der Waals surface area (Å²) < 4.78 is 6.60. The van der Waals surface area contributed by atoms with Crippen LogP contribution in [-0.4, -0.2) is 55.9 Å². The van der Waals surface area contributed by atoms with Crippen LogP contribution in [0.2, 0.25) is 0 Å². The standard InChI is InChI=1S/C29H50O2.C5H7NO3.C4H6O4/c1-20(2)12-9-13-21(3)14-10-15-22(4)16-11-18-29(8)19-17-26-25(7)27(30)23(5)24(6)28(26)31-29;7-4-2-1-3(6-4)5(8)9;5-3(6)1-2-4(7)8/h20-22,30H,9-19H2,1-8H3;3H,1-2H2,(H,6,7)(H,8,9);1-2H2,(H,5,6)(H,7,8)/t21-,22-,29-;;/m1../s1. The number of ether oxygens (including phenoxy) is 1. The number of benzene rings is 1. The first-order chi connectivity index (χ1) is 22.4. The maximum atomic E-state index is 10.4. The van der Waals surface area contributed by atoms with Crippen molar-refractivity contribution < 1.29 is 44.3 Å². The number of carboxylic acid groups (broad SMARTS) is 3. The smallest absolute Gasteiger partial charge is 0.326 e. The van der Waals surface area contributed by atoms with Crippen molar-refractivity contribution in [3.63, 3.8) is 0 Å². The Morgan fingerprint density at radius 2 is 1.33 bits per heavy atom. The zero-order chi connectivity index (χ0) is 36.6. The minimum Gasteiger partial charge on any atom is -0.507 e. The Morgan fingerprint density at radius 1 is 0.812 bits per heavy atom. The van der Waals surface area contributed by atoms with Crippen molar-refractivity contribution in [1.29, 1.82) is 0 Å². The Labute approximate surface area is 288 Å². The third-order valence-corrected chi connectivity index (χ3v) is 9.71. The van der Waals surface area contributed by atoms with Gasteiger partial charge in [-0.15, -0.1) is 0 Å². The lowest BCUT2D eigenvalue weighted by atomic mass is 9.84. The van der Waals surface area contributed by atoms with Gasteiger partial charge < -0.3 is 30.5 Å². The summed E-state index contributed by atoms with van der Waals surface area (Å²) in [6, 6.07) is -0.641. The maximum Gasteiger partial charge on any atom is 0.326 e. The molecule has 1 amide bonds. The summed E-state index contributed by atoms with van der Waals surface area (Å²) in [5, 5.41) is 36.8. The highest BCUT2D eigenvalue weighted by atomic mass is 16.5. The Kier molecular flexibility index (Phi) is 18.6. The average molecular weight is 678 g/mol. The molecule has 0 spiro atoms. The molecular weight excluding hydrogens is 614 g/mol. The van der Waals surface area contributed by atoms with Gasteiger partial charge in [0.25, 0.3) is 0 Å². The normalized spacial score (nSPS) is 19.4. The fourth-order valence-electron chi connectivity index (χ4n) is 6.29. The van der Waals surface area contributed by atoms with Gasteiger partial charge in [0, 0.05) is 12.0 Å². The van der Waals surface area contributed by atoms with Crippen molar-refractivity contribution in [2.24, 2.45) is 17.8 Å². The molecule has 3 rings (SSSR count). The molecule has 4 atom stereocenters. The molecule has 5 N–H and O–H groups in total. The van der Waals surface area contributed by atoms with Crippen LogP contribution in [0.1, 0.15) is 147 Å². The van der Waals surface area contributed by atoms with Crippen LogP contribution >= 0.6 is 0 Å². The molecule has 0 aliphatic carbocycles. The lowest BCUT2D eigenvalue weighted by Gasteiger charge is -2.38. The lowest BCUT2D eigenvalue weighted by molar-refractivity contribution is -0.143. The summed E-state index contributed by atoms with van der Waals surface area (Å²) in [4.78, 5) is 39.8. The SMILES string of the molecule is Cc1c(C)c2c(c(C)c1O)CC[C@@](C)(CCC[C@H](C)CCC[C@H](C)CCCC(C)C)O2.O=C(O)CCC(=O)O.O=C1CCC(C(=O)O)N1. The molecule has 2 aliphatic rings. The molecule has 0 saturated carbocycles. The predicted octanol–water partition coefficient (Wildman–Crippen LogP) is 8.13. The zero-order valence-corrected chi connectivity index (χ0v) is 30.7. The second-order valence-corrected chi connectivity index (χ2v) is 14.7. The predicted molar refractivity (Wildman–Crippen MR) is 188 cm³/mol. The van der Waals surface area contributed by atoms with Gasteiger partial charge in [0.05, 0.1) is 12.8 Å². The maximum absolute atomic E-state index is 10.4. The molecule has 1 aromatic rings. The van der Waals surface area contributed by atoms with Gasteiger partial charge in [0.15, 0.2) is 0 Å². The summed E-state index contributed by atoms with van der Waals surface area (Å²) in [5.41, 5.74) is 4.23. The molecule has 0 radical (unpaired) electrons. The number of hydrogen-bond donors (Lipinski definition) is 5. The fourth-order valence-corrected chi connectivity index (χ4v) is 6.29. The number of hydrogen-bond acceptors (Lipinski definition) is 6. The van der Waals surface area contributed by atoms with Gasteiger partial charge in [0.2, 0.25) is 5.91 Å². The van der Waals surface area contributed by atoms with Gasteiger partial charge in [-0.1, -0.05) is 72.6 Å². The Hall–Kier alpha value is -3.30. The van der Waals surface area contributed by atoms with Crippen molar-refractivity contribution in [2.45, 2.75) is 163 Å². The van der Waals surface area contributed by atoms with Crippen LogP contribution in [-0.2, 0) is 25.6 Å². The number of fused-ring (bicyclic) bond motifs is 1. The Bertz CT molecular complexity index is 1200. The molecule has 1 saturated heterocycles. The number of phenols is 1. The average Bonchev–Trinajstić information content (AvgIpc) is 3.45. The van der Waals surface area contributed by atoms with Crippen LogP contribution in [0.5, 0.6) is 11.5 Å². The minimum absolute atomic E-state index is 0.0712. The zero-order valence-electron chi connectivity index (χ0n) is 30.7. The first kappa shape index (κ1) is 42.7. The molecule has 48 heavy (non-hydrogen) atoms. The third kappa shape index (κ3) is 15.7. The monoisotopic (exact) mass is 677 g/mol. The molecule has 2 aliphatic heterocycles. The van der Waals surface area contributed by atoms with Crippen molar-refractivity contribution in [1.82, 2.24) is 5.32 Å². The highest BCUT2D eigenvalue weighted by Gasteiger charge is 2.34. The first-order valence-corrected chi connectivity index (χ1v) is 17.8. The quantitative estimate of drug-likeness (QED) is 0.116. The number of phenolic OH excluding ortho intramolecular Hbond substituents is 1. The van der Waals surface area contributed by atoms with E-state index in [9.17, 15) is 24.3 Å². The minimum atomic E-state index is -1.08. The summed E-state index contributed by atoms with van der Waals surface area (Å²) in [7, 11) is 0.